The predicted molar refractivity (Wildman–Crippen MR) is 256 cm³/mol. The van der Waals surface area contributed by atoms with Gasteiger partial charge in [-0.05, 0) is 0 Å². The summed E-state index contributed by atoms with van der Waals surface area (Å²) in [5.74, 6) is 0. The van der Waals surface area contributed by atoms with Crippen molar-refractivity contribution in [1.29, 1.82) is 0 Å². The van der Waals surface area contributed by atoms with E-state index in [9.17, 15) is 258 Å². The average molecular weight is 2860 g/mol. The molecule has 0 spiro atoms. The van der Waals surface area contributed by atoms with Crippen LogP contribution in [0.4, 0.5) is 0 Å². The van der Waals surface area contributed by atoms with Crippen molar-refractivity contribution in [2.24, 2.45) is 0 Å². The van der Waals surface area contributed by atoms with Gasteiger partial charge >= 0.3 is 222 Å². The Morgan fingerprint density at radius 2 is 0.135 bits per heavy atom. The minimum absolute atomic E-state index is 0. The molecule has 0 aliphatic heterocycles. The van der Waals surface area contributed by atoms with E-state index in [0.29, 0.717) is 0 Å². The molecule has 3 fully saturated rings. The van der Waals surface area contributed by atoms with E-state index in [1.807, 2.05) is 0 Å². The summed E-state index contributed by atoms with van der Waals surface area (Å²) in [5, 5.41) is 44.2. The predicted octanol–water partition coefficient (Wildman–Crippen LogP) is -32.9. The van der Waals surface area contributed by atoms with E-state index in [2.05, 4.69) is 81.4 Å². The quantitative estimate of drug-likeness (QED) is 0.0243. The van der Waals surface area contributed by atoms with Gasteiger partial charge < -0.3 is 386 Å². The molecule has 133 heavy (non-hydrogen) atoms. The van der Waals surface area contributed by atoms with E-state index in [0.717, 1.165) is 0 Å². The molecule has 3 rings (SSSR count). The second kappa shape index (κ2) is 68.4. The maximum atomic E-state index is 11.1. The minimum atomic E-state index is -6.68. The van der Waals surface area contributed by atoms with Gasteiger partial charge in [0.1, 0.15) is 110 Å². The monoisotopic (exact) mass is 2860 g/mol. The van der Waals surface area contributed by atoms with E-state index >= 15 is 0 Å². The van der Waals surface area contributed by atoms with Gasteiger partial charge in [-0.1, -0.05) is 0 Å². The molecule has 0 N–H and O–H groups in total. The third-order valence-corrected chi connectivity index (χ3v) is 19.4. The van der Waals surface area contributed by atoms with Gasteiger partial charge in [0.05, 0.1) is 156 Å². The molecule has 0 atom stereocenters. The van der Waals surface area contributed by atoms with Crippen LogP contribution in [0, 0.1) is 46.0 Å². The number of phosphoric acid groups is 18. The van der Waals surface area contributed by atoms with Crippen LogP contribution >= 0.6 is 141 Å². The van der Waals surface area contributed by atoms with E-state index in [1.54, 1.807) is 0 Å². The first-order valence-electron chi connectivity index (χ1n) is 25.0. The van der Waals surface area contributed by atoms with Gasteiger partial charge in [0, 0.05) is 0 Å². The summed E-state index contributed by atoms with van der Waals surface area (Å²) < 4.78 is 265. The summed E-state index contributed by atoms with van der Waals surface area (Å²) in [6.45, 7) is 0. The van der Waals surface area contributed by atoms with Gasteiger partial charge in [-0.2, -0.15) is 0 Å². The van der Waals surface area contributed by atoms with Crippen molar-refractivity contribution in [1.82, 2.24) is 0 Å². The smallest absolute Gasteiger partial charge is 0.790 e. The van der Waals surface area contributed by atoms with Gasteiger partial charge in [-0.25, -0.2) is 0 Å². The second-order valence-corrected chi connectivity index (χ2v) is 38.9. The summed E-state index contributed by atoms with van der Waals surface area (Å²) in [5.41, 5.74) is 0. The Balaban J connectivity index is -0.0000000989. The van der Waals surface area contributed by atoms with Crippen molar-refractivity contribution in [3.8, 4) is 0 Å². The van der Waals surface area contributed by atoms with Gasteiger partial charge in [0.2, 0.25) is 0 Å². The summed E-state index contributed by atoms with van der Waals surface area (Å²) >= 11 is 0. The van der Waals surface area contributed by atoms with E-state index in [4.69, 9.17) is 46.0 Å². The molecular weight excluding hydrogens is 2840 g/mol. The average Bonchev–Trinajstić information content (AvgIpc) is 0.754. The number of hydrogen-bond acceptors (Lipinski definition) is 81. The Labute approximate surface area is 865 Å². The molecule has 115 heteroatoms. The van der Waals surface area contributed by atoms with Crippen LogP contribution in [0.2, 0.25) is 0 Å². The fraction of sp³-hybridized carbons (Fsp3) is 1.00. The van der Waals surface area contributed by atoms with Gasteiger partial charge in [-0.15, -0.1) is 0 Å². The molecule has 0 unspecified atom stereocenters. The first kappa shape index (κ1) is 175. The first-order chi connectivity index (χ1) is 51.9. The Bertz CT molecular complexity index is 3230. The standard InChI is InChI=1S/3C6H18O24P6.13Fe.3NO3/c3*7-31(8,9)25-1-2(26-32(10,11)12)4(28-34(16,17)18)6(30-36(22,23)24)5(29-35(19,20)21)3(1)27-33(13,14)15;;;;;;;;;;;;;;3*2-1(3)4/h3*1-6H,(H2,7,8,9)(H2,10,11,12)(H2,13,14,15)(H2,16,17,18)(H2,19,20,21)(H2,22,23,24);;;;;;;;;;;;;;;;/q;;;13*+3;3*-1/p-36. The van der Waals surface area contributed by atoms with E-state index in [1.165, 1.54) is 0 Å². The number of phosphoric ester groups is 18. The molecule has 13 radical (unpaired) electrons. The third kappa shape index (κ3) is 90.7. The van der Waals surface area contributed by atoms with Crippen molar-refractivity contribution in [3.05, 3.63) is 46.0 Å². The third-order valence-electron chi connectivity index (χ3n) is 10.3. The van der Waals surface area contributed by atoms with Crippen LogP contribution in [0.25, 0.3) is 0 Å². The zero-order valence-electron chi connectivity index (χ0n) is 57.4. The molecule has 0 aromatic rings. The van der Waals surface area contributed by atoms with E-state index < -0.39 is 266 Å². The Kier molecular flexibility index (Phi) is 90.1. The summed E-state index contributed by atoms with van der Waals surface area (Å²) in [7, 11) is -120. The van der Waals surface area contributed by atoms with Crippen molar-refractivity contribution < 1.29 is 577 Å². The van der Waals surface area contributed by atoms with Crippen LogP contribution in [-0.2, 0) is 385 Å². The molecule has 0 amide bonds. The topological polar surface area (TPSA) is 1500 Å². The molecule has 0 aromatic carbocycles. The van der Waals surface area contributed by atoms with Crippen molar-refractivity contribution >= 4 is 141 Å². The number of rotatable bonds is 36. The largest absolute Gasteiger partial charge is 3.00 e. The van der Waals surface area contributed by atoms with Crippen LogP contribution in [0.1, 0.15) is 0 Å². The van der Waals surface area contributed by atoms with E-state index in [-0.39, 0.29) is 222 Å². The normalized spacial score (nSPS) is 24.4. The first-order valence-corrected chi connectivity index (χ1v) is 51.3. The summed E-state index contributed by atoms with van der Waals surface area (Å²) in [6, 6.07) is 0. The number of hydrogen-bond donors (Lipinski definition) is 0. The number of nitrogens with zero attached hydrogens (tertiary/aromatic N) is 3. The Morgan fingerprint density at radius 1 is 0.113 bits per heavy atom. The van der Waals surface area contributed by atoms with Gasteiger partial charge in [-0.3, -0.25) is 0 Å². The zero-order valence-corrected chi connectivity index (χ0v) is 87.9. The maximum Gasteiger partial charge on any atom is 3.00 e. The SMILES string of the molecule is O=P([O-])([O-])OC1C(OP(=O)([O-])[O-])C(OP(=O)([O-])[O-])C(OP(=O)([O-])[O-])C(OP(=O)([O-])[O-])C1OP(=O)([O-])[O-].O=P([O-])([O-])OC1C(OP(=O)([O-])[O-])C(OP(=O)([O-])[O-])C(OP(=O)([O-])[O-])C(OP(=O)([O-])[O-])C1OP(=O)([O-])[O-].O=P([O-])([O-])OC1C(OP(=O)([O-])[O-])C(OP(=O)([O-])[O-])C(OP(=O)([O-])[O-])C(OP(=O)([O-])[O-])C1OP(=O)([O-])[O-].O=[N+]([O-])[O-].O=[N+]([O-])[O-].O=[N+]([O-])[O-].[Fe+3].[Fe+3].[Fe+3].[Fe+3].[Fe+3].[Fe+3].[Fe+3].[Fe+3].[Fe+3].[Fe+3].[Fe+3].[Fe+3].[Fe+3]. The zero-order chi connectivity index (χ0) is 96.9. The molecule has 0 heterocycles. The van der Waals surface area contributed by atoms with Crippen LogP contribution in [0.5, 0.6) is 0 Å². The molecule has 785 valence electrons. The fourth-order valence-electron chi connectivity index (χ4n) is 8.21. The van der Waals surface area contributed by atoms with Crippen LogP contribution in [0.15, 0.2) is 0 Å². The summed E-state index contributed by atoms with van der Waals surface area (Å²) in [6.07, 6.45) is -64.4. The fourth-order valence-corrected chi connectivity index (χ4v) is 17.9. The Hall–Kier alpha value is 6.33. The summed E-state index contributed by atoms with van der Waals surface area (Å²) in [4.78, 5) is 424. The van der Waals surface area contributed by atoms with Crippen molar-refractivity contribution in [3.63, 3.8) is 0 Å². The second-order valence-electron chi connectivity index (χ2n) is 19.0. The van der Waals surface area contributed by atoms with Crippen molar-refractivity contribution in [2.75, 3.05) is 0 Å². The molecule has 0 saturated heterocycles. The van der Waals surface area contributed by atoms with Crippen LogP contribution in [0.3, 0.4) is 0 Å². The van der Waals surface area contributed by atoms with Gasteiger partial charge in [0.15, 0.2) is 0 Å². The van der Waals surface area contributed by atoms with Gasteiger partial charge in [0.25, 0.3) is 0 Å². The molecule has 3 aliphatic rings. The van der Waals surface area contributed by atoms with Crippen molar-refractivity contribution in [2.45, 2.75) is 110 Å². The molecule has 84 nitrogen and oxygen atoms in total. The molecule has 3 saturated carbocycles. The minimum Gasteiger partial charge on any atom is -0.790 e. The van der Waals surface area contributed by atoms with Crippen LogP contribution < -0.4 is 176 Å². The maximum absolute atomic E-state index is 11.1. The Morgan fingerprint density at radius 3 is 0.150 bits per heavy atom. The van der Waals surface area contributed by atoms with Crippen LogP contribution in [-0.4, -0.2) is 125 Å². The molecule has 3 aliphatic carbocycles. The molecule has 0 aromatic heterocycles. The molecular formula is C18H18Fe13N3O81P18. The molecule has 0 bridgehead atoms.